The lowest BCUT2D eigenvalue weighted by atomic mass is 9.91. The first-order valence-corrected chi connectivity index (χ1v) is 5.14. The zero-order valence-electron chi connectivity index (χ0n) is 8.80. The summed E-state index contributed by atoms with van der Waals surface area (Å²) in [5.74, 6) is 0. The van der Waals surface area contributed by atoms with E-state index >= 15 is 0 Å². The lowest BCUT2D eigenvalue weighted by molar-refractivity contribution is 0.235. The van der Waals surface area contributed by atoms with Gasteiger partial charge in [-0.25, -0.2) is 0 Å². The second-order valence-corrected chi connectivity index (χ2v) is 4.18. The summed E-state index contributed by atoms with van der Waals surface area (Å²) < 4.78 is 0. The van der Waals surface area contributed by atoms with Crippen molar-refractivity contribution in [2.24, 2.45) is 0 Å². The van der Waals surface area contributed by atoms with Crippen LogP contribution in [-0.2, 0) is 13.0 Å². The van der Waals surface area contributed by atoms with Crippen LogP contribution in [0.2, 0.25) is 0 Å². The lowest BCUT2D eigenvalue weighted by Gasteiger charge is -2.26. The predicted molar refractivity (Wildman–Crippen MR) is 57.3 cm³/mol. The molecule has 0 radical (unpaired) electrons. The van der Waals surface area contributed by atoms with Gasteiger partial charge in [0.1, 0.15) is 0 Å². The van der Waals surface area contributed by atoms with E-state index in [0.29, 0.717) is 0 Å². The van der Waals surface area contributed by atoms with Crippen LogP contribution < -0.4 is 5.32 Å². The molecule has 2 heteroatoms. The van der Waals surface area contributed by atoms with Gasteiger partial charge in [0.2, 0.25) is 0 Å². The molecule has 1 atom stereocenters. The summed E-state index contributed by atoms with van der Waals surface area (Å²) in [6.45, 7) is 5.41. The summed E-state index contributed by atoms with van der Waals surface area (Å²) in [6, 6.07) is 4.70. The maximum Gasteiger partial charge on any atom is 0.0587 e. The number of rotatable bonds is 1. The van der Waals surface area contributed by atoms with E-state index in [1.165, 1.54) is 22.3 Å². The molecule has 1 unspecified atom stereocenters. The van der Waals surface area contributed by atoms with Crippen molar-refractivity contribution in [1.29, 1.82) is 0 Å². The van der Waals surface area contributed by atoms with E-state index < -0.39 is 0 Å². The maximum atomic E-state index is 9.10. The van der Waals surface area contributed by atoms with E-state index in [-0.39, 0.29) is 12.6 Å². The summed E-state index contributed by atoms with van der Waals surface area (Å²) in [5, 5.41) is 12.4. The van der Waals surface area contributed by atoms with Crippen molar-refractivity contribution in [2.45, 2.75) is 32.9 Å². The quantitative estimate of drug-likeness (QED) is 0.701. The van der Waals surface area contributed by atoms with Gasteiger partial charge in [-0.2, -0.15) is 0 Å². The Bertz CT molecular complexity index is 346. The van der Waals surface area contributed by atoms with Crippen molar-refractivity contribution < 1.29 is 5.11 Å². The monoisotopic (exact) mass is 191 g/mol. The largest absolute Gasteiger partial charge is 0.395 e. The zero-order valence-corrected chi connectivity index (χ0v) is 8.80. The molecule has 0 aromatic heterocycles. The molecular weight excluding hydrogens is 174 g/mol. The highest BCUT2D eigenvalue weighted by molar-refractivity contribution is 5.40. The number of aryl methyl sites for hydroxylation is 2. The van der Waals surface area contributed by atoms with Gasteiger partial charge in [-0.1, -0.05) is 17.7 Å². The molecule has 0 amide bonds. The molecule has 0 spiro atoms. The number of nitrogens with one attached hydrogen (secondary N) is 1. The first-order valence-electron chi connectivity index (χ1n) is 5.14. The maximum absolute atomic E-state index is 9.10. The second kappa shape index (κ2) is 3.71. The third-order valence-electron chi connectivity index (χ3n) is 2.96. The number of aliphatic hydroxyl groups is 1. The van der Waals surface area contributed by atoms with E-state index in [0.717, 1.165) is 13.0 Å². The van der Waals surface area contributed by atoms with Gasteiger partial charge in [0.25, 0.3) is 0 Å². The molecule has 0 saturated carbocycles. The Hall–Kier alpha value is -0.860. The average molecular weight is 191 g/mol. The Morgan fingerprint density at radius 3 is 2.93 bits per heavy atom. The fraction of sp³-hybridized carbons (Fsp3) is 0.500. The second-order valence-electron chi connectivity index (χ2n) is 4.18. The molecule has 0 saturated heterocycles. The standard InChI is InChI=1S/C12H17NO/c1-8-3-9(2)12-5-11(7-14)13-6-10(12)4-8/h3-4,11,13-14H,5-7H2,1-2H3. The smallest absolute Gasteiger partial charge is 0.0587 e. The molecule has 0 fully saturated rings. The van der Waals surface area contributed by atoms with Gasteiger partial charge in [0.05, 0.1) is 6.61 Å². The molecule has 0 bridgehead atoms. The van der Waals surface area contributed by atoms with Crippen LogP contribution in [0.15, 0.2) is 12.1 Å². The molecule has 2 N–H and O–H groups in total. The Morgan fingerprint density at radius 2 is 2.21 bits per heavy atom. The van der Waals surface area contributed by atoms with E-state index in [4.69, 9.17) is 5.11 Å². The average Bonchev–Trinajstić information content (AvgIpc) is 2.17. The molecule has 1 aromatic carbocycles. The number of hydrogen-bond donors (Lipinski definition) is 2. The van der Waals surface area contributed by atoms with Crippen molar-refractivity contribution in [3.8, 4) is 0 Å². The summed E-state index contributed by atoms with van der Waals surface area (Å²) >= 11 is 0. The van der Waals surface area contributed by atoms with Crippen LogP contribution in [0.4, 0.5) is 0 Å². The van der Waals surface area contributed by atoms with Gasteiger partial charge in [-0.05, 0) is 37.0 Å². The summed E-state index contributed by atoms with van der Waals surface area (Å²) in [5.41, 5.74) is 5.51. The first-order chi connectivity index (χ1) is 6.70. The molecule has 1 aliphatic heterocycles. The highest BCUT2D eigenvalue weighted by atomic mass is 16.3. The van der Waals surface area contributed by atoms with Crippen LogP contribution in [-0.4, -0.2) is 17.8 Å². The zero-order chi connectivity index (χ0) is 10.1. The number of benzene rings is 1. The van der Waals surface area contributed by atoms with Crippen molar-refractivity contribution >= 4 is 0 Å². The van der Waals surface area contributed by atoms with Crippen molar-refractivity contribution in [1.82, 2.24) is 5.32 Å². The van der Waals surface area contributed by atoms with Gasteiger partial charge >= 0.3 is 0 Å². The van der Waals surface area contributed by atoms with Gasteiger partial charge in [0, 0.05) is 12.6 Å². The molecule has 14 heavy (non-hydrogen) atoms. The topological polar surface area (TPSA) is 32.3 Å². The minimum Gasteiger partial charge on any atom is -0.395 e. The molecule has 2 rings (SSSR count). The van der Waals surface area contributed by atoms with Gasteiger partial charge < -0.3 is 10.4 Å². The summed E-state index contributed by atoms with van der Waals surface area (Å²) in [4.78, 5) is 0. The van der Waals surface area contributed by atoms with E-state index in [2.05, 4.69) is 31.3 Å². The van der Waals surface area contributed by atoms with Crippen LogP contribution in [0.3, 0.4) is 0 Å². The normalized spacial score (nSPS) is 20.6. The van der Waals surface area contributed by atoms with Crippen molar-refractivity contribution in [3.05, 3.63) is 34.4 Å². The van der Waals surface area contributed by atoms with Gasteiger partial charge in [-0.3, -0.25) is 0 Å². The van der Waals surface area contributed by atoms with Crippen LogP contribution >= 0.6 is 0 Å². The summed E-state index contributed by atoms with van der Waals surface area (Å²) in [6.07, 6.45) is 0.956. The Morgan fingerprint density at radius 1 is 1.43 bits per heavy atom. The molecule has 76 valence electrons. The Labute approximate surface area is 85.0 Å². The number of hydrogen-bond acceptors (Lipinski definition) is 2. The minimum absolute atomic E-state index is 0.229. The van der Waals surface area contributed by atoms with Crippen molar-refractivity contribution in [3.63, 3.8) is 0 Å². The molecular formula is C12H17NO. The fourth-order valence-corrected chi connectivity index (χ4v) is 2.24. The molecule has 0 aliphatic carbocycles. The number of aliphatic hydroxyl groups excluding tert-OH is 1. The van der Waals surface area contributed by atoms with Crippen molar-refractivity contribution in [2.75, 3.05) is 6.61 Å². The minimum atomic E-state index is 0.229. The highest BCUT2D eigenvalue weighted by Gasteiger charge is 2.18. The Balaban J connectivity index is 2.37. The van der Waals surface area contributed by atoms with E-state index in [1.54, 1.807) is 0 Å². The third kappa shape index (κ3) is 1.68. The fourth-order valence-electron chi connectivity index (χ4n) is 2.24. The summed E-state index contributed by atoms with van der Waals surface area (Å²) in [7, 11) is 0. The van der Waals surface area contributed by atoms with E-state index in [1.807, 2.05) is 0 Å². The van der Waals surface area contributed by atoms with Crippen LogP contribution in [0.25, 0.3) is 0 Å². The lowest BCUT2D eigenvalue weighted by Crippen LogP contribution is -2.38. The van der Waals surface area contributed by atoms with Crippen LogP contribution in [0.1, 0.15) is 22.3 Å². The molecule has 1 aliphatic rings. The SMILES string of the molecule is Cc1cc(C)c2c(c1)CNC(CO)C2. The molecule has 2 nitrogen and oxygen atoms in total. The Kier molecular flexibility index (Phi) is 2.57. The van der Waals surface area contributed by atoms with Gasteiger partial charge in [0.15, 0.2) is 0 Å². The molecule has 1 aromatic rings. The predicted octanol–water partition coefficient (Wildman–Crippen LogP) is 1.31. The highest BCUT2D eigenvalue weighted by Crippen LogP contribution is 2.22. The number of fused-ring (bicyclic) bond motifs is 1. The van der Waals surface area contributed by atoms with E-state index in [9.17, 15) is 0 Å². The van der Waals surface area contributed by atoms with Crippen LogP contribution in [0, 0.1) is 13.8 Å². The van der Waals surface area contributed by atoms with Gasteiger partial charge in [-0.15, -0.1) is 0 Å². The molecule has 1 heterocycles. The van der Waals surface area contributed by atoms with Crippen LogP contribution in [0.5, 0.6) is 0 Å². The third-order valence-corrected chi connectivity index (χ3v) is 2.96. The first kappa shape index (κ1) is 9.69.